The van der Waals surface area contributed by atoms with Crippen molar-refractivity contribution in [1.82, 2.24) is 0 Å². The highest BCUT2D eigenvalue weighted by Gasteiger charge is 2.45. The van der Waals surface area contributed by atoms with Crippen LogP contribution in [0, 0.1) is 11.3 Å². The molecular formula is C15H26O2. The molecule has 2 N–H and O–H groups in total. The summed E-state index contributed by atoms with van der Waals surface area (Å²) in [5, 5.41) is 21.2. The van der Waals surface area contributed by atoms with Crippen LogP contribution in [0.1, 0.15) is 58.8 Å². The van der Waals surface area contributed by atoms with E-state index in [1.807, 2.05) is 0 Å². The number of aliphatic hydroxyl groups is 2. The van der Waals surface area contributed by atoms with Crippen LogP contribution in [0.5, 0.6) is 0 Å². The minimum atomic E-state index is -0.689. The fraction of sp³-hybridized carbons (Fsp3) is 0.867. The van der Waals surface area contributed by atoms with Crippen LogP contribution in [0.25, 0.3) is 0 Å². The third kappa shape index (κ3) is 2.74. The maximum absolute atomic E-state index is 10.8. The molecule has 0 radical (unpaired) electrons. The van der Waals surface area contributed by atoms with E-state index in [-0.39, 0.29) is 17.4 Å². The summed E-state index contributed by atoms with van der Waals surface area (Å²) >= 11 is 0. The first-order valence-corrected chi connectivity index (χ1v) is 6.90. The van der Waals surface area contributed by atoms with Crippen LogP contribution in [-0.2, 0) is 0 Å². The normalized spacial score (nSPS) is 42.5. The van der Waals surface area contributed by atoms with Gasteiger partial charge in [-0.3, -0.25) is 0 Å². The van der Waals surface area contributed by atoms with Crippen LogP contribution in [0.3, 0.4) is 0 Å². The van der Waals surface area contributed by atoms with Crippen LogP contribution >= 0.6 is 0 Å². The fourth-order valence-electron chi connectivity index (χ4n) is 3.97. The molecule has 0 aromatic carbocycles. The fourth-order valence-corrected chi connectivity index (χ4v) is 3.97. The molecular weight excluding hydrogens is 212 g/mol. The molecule has 0 unspecified atom stereocenters. The van der Waals surface area contributed by atoms with Crippen LogP contribution < -0.4 is 0 Å². The summed E-state index contributed by atoms with van der Waals surface area (Å²) in [6.45, 7) is 8.51. The Balaban J connectivity index is 2.24. The first-order chi connectivity index (χ1) is 7.82. The molecule has 2 aliphatic rings. The van der Waals surface area contributed by atoms with Gasteiger partial charge >= 0.3 is 0 Å². The lowest BCUT2D eigenvalue weighted by Crippen LogP contribution is -2.49. The van der Waals surface area contributed by atoms with Gasteiger partial charge in [0.25, 0.3) is 0 Å². The highest BCUT2D eigenvalue weighted by Crippen LogP contribution is 2.46. The number of hydrogen-bond acceptors (Lipinski definition) is 2. The second-order valence-electron chi connectivity index (χ2n) is 7.00. The molecule has 2 rings (SSSR count). The van der Waals surface area contributed by atoms with Crippen LogP contribution in [0.2, 0.25) is 0 Å². The summed E-state index contributed by atoms with van der Waals surface area (Å²) in [5.74, 6) is 0.0487. The number of aliphatic hydroxyl groups excluding tert-OH is 1. The lowest BCUT2D eigenvalue weighted by atomic mass is 9.63. The van der Waals surface area contributed by atoms with Crippen molar-refractivity contribution >= 4 is 0 Å². The van der Waals surface area contributed by atoms with Gasteiger partial charge in [0, 0.05) is 5.92 Å². The molecule has 0 saturated heterocycles. The van der Waals surface area contributed by atoms with Gasteiger partial charge < -0.3 is 10.2 Å². The second kappa shape index (κ2) is 4.40. The maximum atomic E-state index is 10.8. The molecule has 3 atom stereocenters. The molecule has 0 amide bonds. The van der Waals surface area contributed by atoms with Gasteiger partial charge in [-0.2, -0.15) is 0 Å². The Morgan fingerprint density at radius 1 is 1.24 bits per heavy atom. The lowest BCUT2D eigenvalue weighted by Gasteiger charge is -2.47. The van der Waals surface area contributed by atoms with Crippen molar-refractivity contribution in [2.75, 3.05) is 0 Å². The van der Waals surface area contributed by atoms with Crippen molar-refractivity contribution in [2.45, 2.75) is 70.5 Å². The third-order valence-corrected chi connectivity index (χ3v) is 4.58. The molecule has 98 valence electrons. The molecule has 0 spiro atoms. The van der Waals surface area contributed by atoms with Crippen molar-refractivity contribution in [2.24, 2.45) is 11.3 Å². The minimum absolute atomic E-state index is 0.0487. The number of hydrogen-bond donors (Lipinski definition) is 2. The van der Waals surface area contributed by atoms with E-state index in [4.69, 9.17) is 0 Å². The molecule has 2 nitrogen and oxygen atoms in total. The van der Waals surface area contributed by atoms with Crippen molar-refractivity contribution < 1.29 is 10.2 Å². The zero-order valence-corrected chi connectivity index (χ0v) is 11.2. The predicted octanol–water partition coefficient (Wildman–Crippen LogP) is 3.03. The molecule has 17 heavy (non-hydrogen) atoms. The van der Waals surface area contributed by atoms with Crippen LogP contribution in [0.4, 0.5) is 0 Å². The summed E-state index contributed by atoms with van der Waals surface area (Å²) in [7, 11) is 0. The molecule has 2 aliphatic carbocycles. The topological polar surface area (TPSA) is 40.5 Å². The summed E-state index contributed by atoms with van der Waals surface area (Å²) in [4.78, 5) is 0. The maximum Gasteiger partial charge on any atom is 0.0737 e. The van der Waals surface area contributed by atoms with Gasteiger partial charge in [-0.1, -0.05) is 38.8 Å². The van der Waals surface area contributed by atoms with Crippen LogP contribution in [-0.4, -0.2) is 21.9 Å². The van der Waals surface area contributed by atoms with Gasteiger partial charge in [-0.25, -0.2) is 0 Å². The molecule has 2 saturated carbocycles. The molecule has 0 aromatic heterocycles. The standard InChI is InChI=1S/C15H26O2/c1-11-8-14(2,3)10-13(16)12-6-4-5-7-15(12,17)9-11/h12-13,16-17H,1,4-10H2,2-3H3/t12-,13-,15+/m1/s1. The highest BCUT2D eigenvalue weighted by atomic mass is 16.3. The summed E-state index contributed by atoms with van der Waals surface area (Å²) in [6, 6.07) is 0. The SMILES string of the molecule is C=C1CC(C)(C)C[C@@H](O)[C@H]2CCCC[C@]2(O)C1. The monoisotopic (exact) mass is 238 g/mol. The number of rotatable bonds is 0. The van der Waals surface area contributed by atoms with E-state index in [0.717, 1.165) is 44.1 Å². The van der Waals surface area contributed by atoms with Gasteiger partial charge in [-0.05, 0) is 37.5 Å². The first kappa shape index (κ1) is 13.1. The Labute approximate surface area is 105 Å². The van der Waals surface area contributed by atoms with E-state index in [2.05, 4.69) is 20.4 Å². The Hall–Kier alpha value is -0.340. The average Bonchev–Trinajstić information content (AvgIpc) is 2.13. The Bertz CT molecular complexity index is 308. The van der Waals surface area contributed by atoms with Crippen molar-refractivity contribution in [3.63, 3.8) is 0 Å². The molecule has 2 heteroatoms. The van der Waals surface area contributed by atoms with E-state index in [1.165, 1.54) is 0 Å². The largest absolute Gasteiger partial charge is 0.393 e. The van der Waals surface area contributed by atoms with Gasteiger partial charge in [0.15, 0.2) is 0 Å². The smallest absolute Gasteiger partial charge is 0.0737 e. The van der Waals surface area contributed by atoms with E-state index < -0.39 is 5.60 Å². The quantitative estimate of drug-likeness (QED) is 0.637. The summed E-state index contributed by atoms with van der Waals surface area (Å²) < 4.78 is 0. The summed E-state index contributed by atoms with van der Waals surface area (Å²) in [5.41, 5.74) is 0.567. The first-order valence-electron chi connectivity index (χ1n) is 6.90. The molecule has 0 heterocycles. The molecule has 0 aromatic rings. The molecule has 0 aliphatic heterocycles. The minimum Gasteiger partial charge on any atom is -0.393 e. The molecule has 2 fully saturated rings. The van der Waals surface area contributed by atoms with Crippen LogP contribution in [0.15, 0.2) is 12.2 Å². The molecule has 0 bridgehead atoms. The predicted molar refractivity (Wildman–Crippen MR) is 69.7 cm³/mol. The van der Waals surface area contributed by atoms with Crippen molar-refractivity contribution in [1.29, 1.82) is 0 Å². The highest BCUT2D eigenvalue weighted by molar-refractivity contribution is 5.10. The van der Waals surface area contributed by atoms with Gasteiger partial charge in [0.1, 0.15) is 0 Å². The zero-order chi connectivity index (χ0) is 12.7. The van der Waals surface area contributed by atoms with Gasteiger partial charge in [0.05, 0.1) is 11.7 Å². The van der Waals surface area contributed by atoms with E-state index in [9.17, 15) is 10.2 Å². The van der Waals surface area contributed by atoms with E-state index >= 15 is 0 Å². The third-order valence-electron chi connectivity index (χ3n) is 4.58. The van der Waals surface area contributed by atoms with E-state index in [0.29, 0.717) is 6.42 Å². The van der Waals surface area contributed by atoms with Crippen molar-refractivity contribution in [3.05, 3.63) is 12.2 Å². The Morgan fingerprint density at radius 2 is 1.94 bits per heavy atom. The van der Waals surface area contributed by atoms with Gasteiger partial charge in [-0.15, -0.1) is 0 Å². The van der Waals surface area contributed by atoms with Crippen molar-refractivity contribution in [3.8, 4) is 0 Å². The Morgan fingerprint density at radius 3 is 2.65 bits per heavy atom. The Kier molecular flexibility index (Phi) is 3.39. The zero-order valence-electron chi connectivity index (χ0n) is 11.2. The second-order valence-corrected chi connectivity index (χ2v) is 7.00. The average molecular weight is 238 g/mol. The number of fused-ring (bicyclic) bond motifs is 1. The van der Waals surface area contributed by atoms with Gasteiger partial charge in [0.2, 0.25) is 0 Å². The van der Waals surface area contributed by atoms with E-state index in [1.54, 1.807) is 0 Å². The summed E-state index contributed by atoms with van der Waals surface area (Å²) in [6.07, 6.45) is 6.02. The lowest BCUT2D eigenvalue weighted by molar-refractivity contribution is -0.110.